The average molecular weight is 577 g/mol. The zero-order valence-corrected chi connectivity index (χ0v) is 23.6. The van der Waals surface area contributed by atoms with Crippen LogP contribution < -0.4 is 10.2 Å². The Hall–Kier alpha value is -3.47. The lowest BCUT2D eigenvalue weighted by Gasteiger charge is -2.23. The van der Waals surface area contributed by atoms with Crippen LogP contribution in [0.4, 0.5) is 10.2 Å². The van der Waals surface area contributed by atoms with E-state index in [1.54, 1.807) is 44.8 Å². The summed E-state index contributed by atoms with van der Waals surface area (Å²) >= 11 is 3.19. The first-order chi connectivity index (χ1) is 19.5. The van der Waals surface area contributed by atoms with Crippen LogP contribution in [0.5, 0.6) is 0 Å². The summed E-state index contributed by atoms with van der Waals surface area (Å²) in [5.41, 5.74) is 4.23. The van der Waals surface area contributed by atoms with E-state index in [9.17, 15) is 14.0 Å². The van der Waals surface area contributed by atoms with E-state index in [1.165, 1.54) is 12.1 Å². The number of rotatable bonds is 7. The molecular weight excluding hydrogens is 547 g/mol. The second-order valence-electron chi connectivity index (χ2n) is 9.92. The van der Waals surface area contributed by atoms with Crippen LogP contribution in [0, 0.1) is 12.7 Å². The molecule has 2 aromatic heterocycles. The number of anilines is 1. The number of aryl methyl sites for hydroxylation is 1. The maximum absolute atomic E-state index is 13.9. The van der Waals surface area contributed by atoms with Gasteiger partial charge in [0.15, 0.2) is 0 Å². The molecule has 6 rings (SSSR count). The fourth-order valence-electron chi connectivity index (χ4n) is 5.18. The number of thioether (sulfide) groups is 1. The van der Waals surface area contributed by atoms with Crippen molar-refractivity contribution in [3.05, 3.63) is 87.9 Å². The lowest BCUT2D eigenvalue weighted by molar-refractivity contribution is -0.123. The summed E-state index contributed by atoms with van der Waals surface area (Å²) in [7, 11) is 0. The molecule has 40 heavy (non-hydrogen) atoms. The number of aromatic nitrogens is 2. The average Bonchev–Trinajstić information content (AvgIpc) is 3.71. The monoisotopic (exact) mass is 576 g/mol. The quantitative estimate of drug-likeness (QED) is 0.314. The Labute approximate surface area is 240 Å². The number of hydrogen-bond acceptors (Lipinski definition) is 6. The first-order valence-corrected chi connectivity index (χ1v) is 15.2. The van der Waals surface area contributed by atoms with Crippen molar-refractivity contribution in [2.75, 3.05) is 30.3 Å². The standard InChI is InChI=1S/C30H29FN4O3S2/c1-19-13-15-39-28(19)29-26-27(20-6-3-2-4-7-20)33-35(22-11-9-21(31)10-12-22)30(26)34(25(37)18-40-29)17-24(36)32-16-23-8-5-14-38-23/h2-4,6-7,9-13,15,23,29H,5,8,14,16-18H2,1H3,(H,32,36). The maximum Gasteiger partial charge on any atom is 0.240 e. The van der Waals surface area contributed by atoms with Gasteiger partial charge in [0.2, 0.25) is 11.8 Å². The number of carbonyl (C=O) groups is 2. The molecule has 2 aliphatic rings. The van der Waals surface area contributed by atoms with Gasteiger partial charge in [0.25, 0.3) is 0 Å². The SMILES string of the molecule is Cc1ccsc1C1SCC(=O)N(CC(=O)NCC2CCCO2)c2c1c(-c1ccccc1)nn2-c1ccc(F)cc1. The highest BCUT2D eigenvalue weighted by Gasteiger charge is 2.38. The van der Waals surface area contributed by atoms with Gasteiger partial charge in [0, 0.05) is 29.2 Å². The Morgan fingerprint density at radius 3 is 2.65 bits per heavy atom. The number of thiophene rings is 1. The van der Waals surface area contributed by atoms with Gasteiger partial charge in [-0.15, -0.1) is 23.1 Å². The number of halogens is 1. The van der Waals surface area contributed by atoms with Gasteiger partial charge in [-0.2, -0.15) is 5.10 Å². The summed E-state index contributed by atoms with van der Waals surface area (Å²) in [4.78, 5) is 29.7. The third kappa shape index (κ3) is 5.31. The summed E-state index contributed by atoms with van der Waals surface area (Å²) in [5, 5.41) is 9.87. The molecule has 1 fully saturated rings. The summed E-state index contributed by atoms with van der Waals surface area (Å²) in [6.07, 6.45) is 1.88. The second kappa shape index (κ2) is 11.6. The molecule has 4 aromatic rings. The Morgan fingerprint density at radius 2 is 1.95 bits per heavy atom. The molecular formula is C30H29FN4O3S2. The first kappa shape index (κ1) is 26.7. The van der Waals surface area contributed by atoms with E-state index in [-0.39, 0.29) is 41.3 Å². The van der Waals surface area contributed by atoms with E-state index in [2.05, 4.69) is 23.7 Å². The van der Waals surface area contributed by atoms with Gasteiger partial charge in [0.1, 0.15) is 18.2 Å². The smallest absolute Gasteiger partial charge is 0.240 e. The summed E-state index contributed by atoms with van der Waals surface area (Å²) in [6, 6.07) is 17.9. The number of benzene rings is 2. The van der Waals surface area contributed by atoms with E-state index < -0.39 is 0 Å². The molecule has 1 saturated heterocycles. The van der Waals surface area contributed by atoms with Gasteiger partial charge in [-0.1, -0.05) is 30.3 Å². The molecule has 10 heteroatoms. The highest BCUT2D eigenvalue weighted by Crippen LogP contribution is 2.50. The highest BCUT2D eigenvalue weighted by atomic mass is 32.2. The van der Waals surface area contributed by atoms with E-state index in [4.69, 9.17) is 9.84 Å². The predicted octanol–water partition coefficient (Wildman–Crippen LogP) is 5.51. The van der Waals surface area contributed by atoms with Gasteiger partial charge in [0.05, 0.1) is 28.5 Å². The molecule has 7 nitrogen and oxygen atoms in total. The molecule has 1 N–H and O–H groups in total. The fourth-order valence-corrected chi connectivity index (χ4v) is 7.65. The molecule has 4 heterocycles. The van der Waals surface area contributed by atoms with Crippen molar-refractivity contribution in [1.82, 2.24) is 15.1 Å². The molecule has 0 saturated carbocycles. The summed E-state index contributed by atoms with van der Waals surface area (Å²) in [5.74, 6) is -0.0791. The zero-order chi connectivity index (χ0) is 27.6. The van der Waals surface area contributed by atoms with Crippen LogP contribution in [0.25, 0.3) is 16.9 Å². The Balaban J connectivity index is 1.51. The molecule has 2 aliphatic heterocycles. The van der Waals surface area contributed by atoms with E-state index in [1.807, 2.05) is 30.3 Å². The third-order valence-electron chi connectivity index (χ3n) is 7.20. The van der Waals surface area contributed by atoms with E-state index >= 15 is 0 Å². The van der Waals surface area contributed by atoms with Gasteiger partial charge in [-0.05, 0) is 61.0 Å². The molecule has 0 radical (unpaired) electrons. The van der Waals surface area contributed by atoms with Crippen LogP contribution in [0.2, 0.25) is 0 Å². The first-order valence-electron chi connectivity index (χ1n) is 13.3. The lowest BCUT2D eigenvalue weighted by Crippen LogP contribution is -2.44. The Morgan fingerprint density at radius 1 is 1.15 bits per heavy atom. The van der Waals surface area contributed by atoms with Crippen molar-refractivity contribution in [3.63, 3.8) is 0 Å². The molecule has 2 amide bonds. The van der Waals surface area contributed by atoms with Crippen molar-refractivity contribution in [3.8, 4) is 16.9 Å². The Kier molecular flexibility index (Phi) is 7.73. The maximum atomic E-state index is 13.9. The largest absolute Gasteiger partial charge is 0.376 e. The second-order valence-corrected chi connectivity index (χ2v) is 12.0. The molecule has 2 atom stereocenters. The van der Waals surface area contributed by atoms with E-state index in [0.717, 1.165) is 40.1 Å². The highest BCUT2D eigenvalue weighted by molar-refractivity contribution is 8.00. The number of carbonyl (C=O) groups excluding carboxylic acids is 2. The number of nitrogens with zero attached hydrogens (tertiary/aromatic N) is 3. The summed E-state index contributed by atoms with van der Waals surface area (Å²) < 4.78 is 21.3. The van der Waals surface area contributed by atoms with Crippen LogP contribution in [0.3, 0.4) is 0 Å². The van der Waals surface area contributed by atoms with Crippen molar-refractivity contribution in [2.45, 2.75) is 31.1 Å². The lowest BCUT2D eigenvalue weighted by atomic mass is 10.0. The summed E-state index contributed by atoms with van der Waals surface area (Å²) in [6.45, 7) is 3.03. The van der Waals surface area contributed by atoms with Crippen molar-refractivity contribution < 1.29 is 18.7 Å². The number of hydrogen-bond donors (Lipinski definition) is 1. The number of ether oxygens (including phenoxy) is 1. The zero-order valence-electron chi connectivity index (χ0n) is 22.0. The van der Waals surface area contributed by atoms with Crippen LogP contribution in [0.15, 0.2) is 66.0 Å². The molecule has 2 unspecified atom stereocenters. The minimum atomic E-state index is -0.366. The van der Waals surface area contributed by atoms with Crippen LogP contribution >= 0.6 is 23.1 Å². The van der Waals surface area contributed by atoms with Crippen molar-refractivity contribution >= 4 is 40.7 Å². The molecule has 0 spiro atoms. The van der Waals surface area contributed by atoms with Crippen LogP contribution in [-0.2, 0) is 14.3 Å². The van der Waals surface area contributed by atoms with Crippen LogP contribution in [0.1, 0.15) is 34.1 Å². The molecule has 206 valence electrons. The minimum Gasteiger partial charge on any atom is -0.376 e. The predicted molar refractivity (Wildman–Crippen MR) is 157 cm³/mol. The van der Waals surface area contributed by atoms with Gasteiger partial charge in [-0.25, -0.2) is 9.07 Å². The van der Waals surface area contributed by atoms with Gasteiger partial charge < -0.3 is 10.1 Å². The number of amides is 2. The molecule has 0 bridgehead atoms. The van der Waals surface area contributed by atoms with Crippen molar-refractivity contribution in [2.24, 2.45) is 0 Å². The Bertz CT molecular complexity index is 1510. The fraction of sp³-hybridized carbons (Fsp3) is 0.300. The van der Waals surface area contributed by atoms with Gasteiger partial charge in [-0.3, -0.25) is 14.5 Å². The third-order valence-corrected chi connectivity index (χ3v) is 9.65. The molecule has 0 aliphatic carbocycles. The minimum absolute atomic E-state index is 0.00416. The number of fused-ring (bicyclic) bond motifs is 1. The van der Waals surface area contributed by atoms with Crippen molar-refractivity contribution in [1.29, 1.82) is 0 Å². The van der Waals surface area contributed by atoms with Crippen LogP contribution in [-0.4, -0.2) is 53.1 Å². The number of nitrogens with one attached hydrogen (secondary N) is 1. The van der Waals surface area contributed by atoms with Gasteiger partial charge >= 0.3 is 0 Å². The molecule has 2 aromatic carbocycles. The van der Waals surface area contributed by atoms with E-state index in [0.29, 0.717) is 24.7 Å². The topological polar surface area (TPSA) is 76.5 Å². The normalized spacial score (nSPS) is 18.9.